The van der Waals surface area contributed by atoms with E-state index in [2.05, 4.69) is 27.8 Å². The maximum atomic E-state index is 12.1. The van der Waals surface area contributed by atoms with Crippen molar-refractivity contribution in [3.05, 3.63) is 41.6 Å². The lowest BCUT2D eigenvalue weighted by atomic mass is 10.1. The van der Waals surface area contributed by atoms with Crippen LogP contribution in [0.2, 0.25) is 0 Å². The van der Waals surface area contributed by atoms with E-state index in [1.165, 1.54) is 11.8 Å². The van der Waals surface area contributed by atoms with Crippen LogP contribution in [0.4, 0.5) is 0 Å². The van der Waals surface area contributed by atoms with Crippen molar-refractivity contribution in [1.29, 1.82) is 5.26 Å². The largest absolute Gasteiger partial charge is 0.328 e. The molecule has 1 aromatic heterocycles. The first kappa shape index (κ1) is 16.9. The predicted octanol–water partition coefficient (Wildman–Crippen LogP) is 0.836. The molecule has 2 aromatic rings. The van der Waals surface area contributed by atoms with Crippen LogP contribution < -0.4 is 5.73 Å². The van der Waals surface area contributed by atoms with Crippen LogP contribution >= 0.6 is 11.8 Å². The van der Waals surface area contributed by atoms with Crippen molar-refractivity contribution < 1.29 is 10.5 Å². The van der Waals surface area contributed by atoms with E-state index in [1.807, 2.05) is 38.1 Å². The molecular formula is C15H17N6OS+. The Morgan fingerprint density at radius 1 is 1.52 bits per heavy atom. The van der Waals surface area contributed by atoms with Gasteiger partial charge < -0.3 is 5.73 Å². The van der Waals surface area contributed by atoms with Crippen molar-refractivity contribution in [2.24, 2.45) is 5.92 Å². The van der Waals surface area contributed by atoms with Gasteiger partial charge in [0.25, 0.3) is 0 Å². The highest BCUT2D eigenvalue weighted by molar-refractivity contribution is 7.99. The highest BCUT2D eigenvalue weighted by Gasteiger charge is 2.23. The van der Waals surface area contributed by atoms with E-state index in [1.54, 1.807) is 4.68 Å². The number of aryl methyl sites for hydroxylation is 2. The van der Waals surface area contributed by atoms with Crippen molar-refractivity contribution in [2.75, 3.05) is 5.75 Å². The topological polar surface area (TPSA) is 112 Å². The molecule has 23 heavy (non-hydrogen) atoms. The number of hydrogen-bond donors (Lipinski definition) is 1. The monoisotopic (exact) mass is 329 g/mol. The third-order valence-electron chi connectivity index (χ3n) is 3.24. The fourth-order valence-electron chi connectivity index (χ4n) is 1.98. The average Bonchev–Trinajstić information content (AvgIpc) is 2.96. The van der Waals surface area contributed by atoms with E-state index >= 15 is 0 Å². The maximum absolute atomic E-state index is 12.1. The van der Waals surface area contributed by atoms with Gasteiger partial charge in [-0.2, -0.15) is 9.94 Å². The SMILES string of the molecule is C=C([NH3+])[C@@H](C#N)C(=O)CSc1nnnn1-c1cc(C)ccc1C. The Morgan fingerprint density at radius 3 is 2.91 bits per heavy atom. The number of Topliss-reactive ketones (excluding diaryl/α,β-unsaturated/α-hetero) is 1. The molecule has 118 valence electrons. The molecule has 0 bridgehead atoms. The summed E-state index contributed by atoms with van der Waals surface area (Å²) in [6, 6.07) is 7.89. The molecule has 0 aliphatic rings. The van der Waals surface area contributed by atoms with Gasteiger partial charge in [0.1, 0.15) is 5.70 Å². The Hall–Kier alpha value is -2.50. The summed E-state index contributed by atoms with van der Waals surface area (Å²) in [6.45, 7) is 7.52. The molecule has 3 N–H and O–H groups in total. The van der Waals surface area contributed by atoms with Gasteiger partial charge >= 0.3 is 0 Å². The first-order valence-corrected chi connectivity index (χ1v) is 7.84. The molecule has 0 saturated heterocycles. The number of nitriles is 1. The molecule has 0 radical (unpaired) electrons. The lowest BCUT2D eigenvalue weighted by molar-refractivity contribution is -0.309. The van der Waals surface area contributed by atoms with Gasteiger partial charge in [0.15, 0.2) is 11.7 Å². The summed E-state index contributed by atoms with van der Waals surface area (Å²) in [6.07, 6.45) is 0. The summed E-state index contributed by atoms with van der Waals surface area (Å²) in [4.78, 5) is 12.1. The van der Waals surface area contributed by atoms with Crippen LogP contribution in [0.1, 0.15) is 11.1 Å². The summed E-state index contributed by atoms with van der Waals surface area (Å²) in [5.41, 5.74) is 6.85. The van der Waals surface area contributed by atoms with Crippen LogP contribution in [0.15, 0.2) is 35.6 Å². The lowest BCUT2D eigenvalue weighted by Gasteiger charge is -2.09. The molecule has 1 atom stereocenters. The Bertz CT molecular complexity index is 792. The zero-order valence-electron chi connectivity index (χ0n) is 13.0. The fourth-order valence-corrected chi connectivity index (χ4v) is 2.77. The highest BCUT2D eigenvalue weighted by atomic mass is 32.2. The standard InChI is InChI=1S/C15H16N6OS/c1-9-4-5-10(2)13(6-9)21-15(18-19-20-21)23-8-14(22)12(7-16)11(3)17/h4-6,12H,3,8,17H2,1-2H3/p+1/t12-/m1/s1. The van der Waals surface area contributed by atoms with Crippen molar-refractivity contribution in [1.82, 2.24) is 20.2 Å². The van der Waals surface area contributed by atoms with E-state index in [0.29, 0.717) is 10.9 Å². The molecule has 0 aliphatic carbocycles. The fraction of sp³-hybridized carbons (Fsp3) is 0.267. The van der Waals surface area contributed by atoms with Gasteiger partial charge in [0.05, 0.1) is 17.5 Å². The molecule has 0 amide bonds. The number of benzene rings is 1. The number of carbonyl (C=O) groups excluding carboxylic acids is 1. The Labute approximate surface area is 138 Å². The Morgan fingerprint density at radius 2 is 2.26 bits per heavy atom. The second-order valence-electron chi connectivity index (χ2n) is 5.14. The normalized spacial score (nSPS) is 11.7. The number of aromatic nitrogens is 4. The summed E-state index contributed by atoms with van der Waals surface area (Å²) < 4.78 is 1.60. The van der Waals surface area contributed by atoms with Gasteiger partial charge in [-0.3, -0.25) is 4.79 Å². The second-order valence-corrected chi connectivity index (χ2v) is 6.08. The second kappa shape index (κ2) is 7.17. The number of ketones is 1. The van der Waals surface area contributed by atoms with E-state index in [9.17, 15) is 4.79 Å². The van der Waals surface area contributed by atoms with Gasteiger partial charge in [-0.15, -0.1) is 5.10 Å². The number of tetrazole rings is 1. The van der Waals surface area contributed by atoms with Crippen LogP contribution in [0.3, 0.4) is 0 Å². The first-order valence-electron chi connectivity index (χ1n) is 6.86. The highest BCUT2D eigenvalue weighted by Crippen LogP contribution is 2.22. The lowest BCUT2D eigenvalue weighted by Crippen LogP contribution is -2.51. The Kier molecular flexibility index (Phi) is 5.26. The first-order chi connectivity index (χ1) is 10.9. The van der Waals surface area contributed by atoms with Gasteiger partial charge in [-0.25, -0.2) is 0 Å². The van der Waals surface area contributed by atoms with Gasteiger partial charge in [-0.1, -0.05) is 23.9 Å². The summed E-state index contributed by atoms with van der Waals surface area (Å²) >= 11 is 1.19. The molecule has 0 saturated carbocycles. The third-order valence-corrected chi connectivity index (χ3v) is 4.18. The average molecular weight is 329 g/mol. The number of thioether (sulfide) groups is 1. The molecule has 7 nitrogen and oxygen atoms in total. The molecule has 1 heterocycles. The summed E-state index contributed by atoms with van der Waals surface area (Å²) in [5.74, 6) is -1.07. The molecular weight excluding hydrogens is 312 g/mol. The van der Waals surface area contributed by atoms with Gasteiger partial charge in [0, 0.05) is 0 Å². The quantitative estimate of drug-likeness (QED) is 0.786. The Balaban J connectivity index is 2.20. The molecule has 1 aromatic carbocycles. The minimum Gasteiger partial charge on any atom is -0.328 e. The van der Waals surface area contributed by atoms with Gasteiger partial charge in [0.2, 0.25) is 5.16 Å². The number of hydrogen-bond acceptors (Lipinski definition) is 6. The van der Waals surface area contributed by atoms with Crippen LogP contribution in [0.5, 0.6) is 0 Å². The van der Waals surface area contributed by atoms with Crippen molar-refractivity contribution in [3.8, 4) is 11.8 Å². The van der Waals surface area contributed by atoms with Crippen molar-refractivity contribution in [2.45, 2.75) is 19.0 Å². The van der Waals surface area contributed by atoms with E-state index < -0.39 is 5.92 Å². The third kappa shape index (κ3) is 3.83. The minimum atomic E-state index is -0.896. The molecule has 0 fully saturated rings. The number of nitrogens with zero attached hydrogens (tertiary/aromatic N) is 5. The number of rotatable bonds is 6. The van der Waals surface area contributed by atoms with E-state index in [4.69, 9.17) is 5.26 Å². The summed E-state index contributed by atoms with van der Waals surface area (Å²) in [5, 5.41) is 21.1. The molecule has 8 heteroatoms. The van der Waals surface area contributed by atoms with Crippen LogP contribution in [0.25, 0.3) is 5.69 Å². The molecule has 0 spiro atoms. The number of quaternary nitrogens is 1. The molecule has 0 unspecified atom stereocenters. The maximum Gasteiger partial charge on any atom is 0.214 e. The zero-order chi connectivity index (χ0) is 17.0. The van der Waals surface area contributed by atoms with Crippen LogP contribution in [0, 0.1) is 31.1 Å². The van der Waals surface area contributed by atoms with Crippen molar-refractivity contribution >= 4 is 17.5 Å². The predicted molar refractivity (Wildman–Crippen MR) is 85.5 cm³/mol. The van der Waals surface area contributed by atoms with Crippen LogP contribution in [-0.2, 0) is 4.79 Å². The number of allylic oxidation sites excluding steroid dienone is 1. The van der Waals surface area contributed by atoms with E-state index in [-0.39, 0.29) is 11.5 Å². The van der Waals surface area contributed by atoms with Crippen molar-refractivity contribution in [3.63, 3.8) is 0 Å². The van der Waals surface area contributed by atoms with E-state index in [0.717, 1.165) is 16.8 Å². The minimum absolute atomic E-state index is 0.0814. The molecule has 2 rings (SSSR count). The van der Waals surface area contributed by atoms with Gasteiger partial charge in [-0.05, 0) is 48.0 Å². The zero-order valence-corrected chi connectivity index (χ0v) is 13.8. The van der Waals surface area contributed by atoms with Crippen LogP contribution in [-0.4, -0.2) is 31.7 Å². The smallest absolute Gasteiger partial charge is 0.214 e. The number of carbonyl (C=O) groups is 1. The summed E-state index contributed by atoms with van der Waals surface area (Å²) in [7, 11) is 0. The molecule has 0 aliphatic heterocycles.